The molecule has 1 aliphatic heterocycles. The second-order valence-corrected chi connectivity index (χ2v) is 10.6. The summed E-state index contributed by atoms with van der Waals surface area (Å²) in [6.45, 7) is 5.46. The standard InChI is InChI=1S/C26H29Cl2N3O3S/c1-16(15-31-9-7-17(8-10-31)34-18-3-6-23(27)24(28)11-18)13-29-26(33)22-14-30-25(32)21-12-19(35-2)4-5-20(21)22/h3-6,11-12,14,16-17H,7-10,13,15H2,1-2H3,(H,29,33)(H,30,32)/t16-/m1/s1. The van der Waals surface area contributed by atoms with Crippen LogP contribution < -0.4 is 15.6 Å². The van der Waals surface area contributed by atoms with E-state index in [0.717, 1.165) is 43.1 Å². The fourth-order valence-corrected chi connectivity index (χ4v) is 5.10. The number of halogens is 2. The maximum absolute atomic E-state index is 12.9. The summed E-state index contributed by atoms with van der Waals surface area (Å²) >= 11 is 13.6. The fraction of sp³-hybridized carbons (Fsp3) is 0.385. The number of aromatic amines is 1. The first-order chi connectivity index (χ1) is 16.8. The Morgan fingerprint density at radius 1 is 1.17 bits per heavy atom. The molecule has 1 aliphatic rings. The third-order valence-corrected chi connectivity index (χ3v) is 7.73. The average molecular weight is 535 g/mol. The Labute approximate surface area is 219 Å². The van der Waals surface area contributed by atoms with E-state index >= 15 is 0 Å². The Bertz CT molecular complexity index is 1260. The Morgan fingerprint density at radius 2 is 1.94 bits per heavy atom. The molecule has 6 nitrogen and oxygen atoms in total. The lowest BCUT2D eigenvalue weighted by molar-refractivity contribution is 0.0886. The highest BCUT2D eigenvalue weighted by Crippen LogP contribution is 2.28. The van der Waals surface area contributed by atoms with Gasteiger partial charge in [-0.3, -0.25) is 9.59 Å². The molecule has 2 aromatic carbocycles. The smallest absolute Gasteiger partial charge is 0.255 e. The van der Waals surface area contributed by atoms with Crippen LogP contribution in [0.15, 0.2) is 52.3 Å². The maximum Gasteiger partial charge on any atom is 0.255 e. The van der Waals surface area contributed by atoms with Crippen LogP contribution in [0.3, 0.4) is 0 Å². The van der Waals surface area contributed by atoms with Gasteiger partial charge in [0.05, 0.1) is 15.6 Å². The highest BCUT2D eigenvalue weighted by atomic mass is 35.5. The quantitative estimate of drug-likeness (QED) is 0.375. The number of rotatable bonds is 8. The number of hydrogen-bond donors (Lipinski definition) is 2. The van der Waals surface area contributed by atoms with Crippen LogP contribution in [0.2, 0.25) is 10.0 Å². The predicted octanol–water partition coefficient (Wildman–Crippen LogP) is 5.47. The number of thioether (sulfide) groups is 1. The van der Waals surface area contributed by atoms with Crippen molar-refractivity contribution in [1.82, 2.24) is 15.2 Å². The molecule has 186 valence electrons. The highest BCUT2D eigenvalue weighted by molar-refractivity contribution is 7.98. The van der Waals surface area contributed by atoms with Crippen molar-refractivity contribution >= 4 is 51.6 Å². The fourth-order valence-electron chi connectivity index (χ4n) is 4.37. The Hall–Kier alpha value is -2.19. The SMILES string of the molecule is CSc1ccc2c(C(=O)NC[C@@H](C)CN3CCC(Oc4ccc(Cl)c(Cl)c4)CC3)c[nH]c(=O)c2c1. The number of nitrogens with one attached hydrogen (secondary N) is 2. The molecule has 1 fully saturated rings. The van der Waals surface area contributed by atoms with Gasteiger partial charge >= 0.3 is 0 Å². The molecule has 0 unspecified atom stereocenters. The maximum atomic E-state index is 12.9. The number of likely N-dealkylation sites (tertiary alicyclic amines) is 1. The normalized spacial score (nSPS) is 15.8. The first kappa shape index (κ1) is 25.9. The zero-order chi connectivity index (χ0) is 24.9. The zero-order valence-corrected chi connectivity index (χ0v) is 22.1. The summed E-state index contributed by atoms with van der Waals surface area (Å²) in [4.78, 5) is 31.2. The predicted molar refractivity (Wildman–Crippen MR) is 144 cm³/mol. The van der Waals surface area contributed by atoms with E-state index in [1.54, 1.807) is 23.9 Å². The molecule has 3 aromatic rings. The number of benzene rings is 2. The molecular formula is C26H29Cl2N3O3S. The lowest BCUT2D eigenvalue weighted by atomic mass is 10.0. The van der Waals surface area contributed by atoms with Gasteiger partial charge < -0.3 is 19.9 Å². The van der Waals surface area contributed by atoms with E-state index in [1.165, 1.54) is 6.20 Å². The largest absolute Gasteiger partial charge is 0.490 e. The first-order valence-electron chi connectivity index (χ1n) is 11.7. The van der Waals surface area contributed by atoms with Crippen LogP contribution in [0.25, 0.3) is 10.8 Å². The van der Waals surface area contributed by atoms with Gasteiger partial charge in [-0.05, 0) is 49.3 Å². The van der Waals surface area contributed by atoms with E-state index < -0.39 is 0 Å². The molecular weight excluding hydrogens is 505 g/mol. The summed E-state index contributed by atoms with van der Waals surface area (Å²) in [7, 11) is 0. The second-order valence-electron chi connectivity index (χ2n) is 8.95. The summed E-state index contributed by atoms with van der Waals surface area (Å²) < 4.78 is 6.08. The number of pyridine rings is 1. The minimum Gasteiger partial charge on any atom is -0.490 e. The topological polar surface area (TPSA) is 74.4 Å². The Morgan fingerprint density at radius 3 is 2.66 bits per heavy atom. The van der Waals surface area contributed by atoms with E-state index in [2.05, 4.69) is 22.1 Å². The number of aromatic nitrogens is 1. The van der Waals surface area contributed by atoms with Crippen LogP contribution in [0.5, 0.6) is 5.75 Å². The van der Waals surface area contributed by atoms with Crippen LogP contribution in [0.4, 0.5) is 0 Å². The molecule has 1 aromatic heterocycles. The summed E-state index contributed by atoms with van der Waals surface area (Å²) in [5.74, 6) is 0.848. The van der Waals surface area contributed by atoms with E-state index in [-0.39, 0.29) is 23.5 Å². The van der Waals surface area contributed by atoms with Gasteiger partial charge in [-0.25, -0.2) is 0 Å². The molecule has 2 heterocycles. The molecule has 1 atom stereocenters. The zero-order valence-electron chi connectivity index (χ0n) is 19.8. The van der Waals surface area contributed by atoms with Gasteiger partial charge in [-0.1, -0.05) is 36.2 Å². The molecule has 0 radical (unpaired) electrons. The number of hydrogen-bond acceptors (Lipinski definition) is 5. The minimum atomic E-state index is -0.188. The monoisotopic (exact) mass is 533 g/mol. The average Bonchev–Trinajstić information content (AvgIpc) is 2.86. The van der Waals surface area contributed by atoms with Crippen LogP contribution in [0, 0.1) is 5.92 Å². The van der Waals surface area contributed by atoms with Crippen molar-refractivity contribution in [2.45, 2.75) is 30.8 Å². The molecule has 1 amide bonds. The number of nitrogens with zero attached hydrogens (tertiary/aromatic N) is 1. The molecule has 0 spiro atoms. The second kappa shape index (κ2) is 11.7. The van der Waals surface area contributed by atoms with Gasteiger partial charge in [0.2, 0.25) is 0 Å². The number of amides is 1. The van der Waals surface area contributed by atoms with Crippen molar-refractivity contribution in [2.24, 2.45) is 5.92 Å². The Kier molecular flexibility index (Phi) is 8.65. The number of fused-ring (bicyclic) bond motifs is 1. The molecule has 0 bridgehead atoms. The van der Waals surface area contributed by atoms with Crippen molar-refractivity contribution in [1.29, 1.82) is 0 Å². The molecule has 0 aliphatic carbocycles. The Balaban J connectivity index is 1.26. The summed E-state index contributed by atoms with van der Waals surface area (Å²) in [5.41, 5.74) is 0.298. The van der Waals surface area contributed by atoms with E-state index in [4.69, 9.17) is 27.9 Å². The number of ether oxygens (including phenoxy) is 1. The summed E-state index contributed by atoms with van der Waals surface area (Å²) in [5, 5.41) is 5.26. The van der Waals surface area contributed by atoms with Gasteiger partial charge in [0, 0.05) is 54.1 Å². The van der Waals surface area contributed by atoms with Gasteiger partial charge in [-0.15, -0.1) is 11.8 Å². The molecule has 35 heavy (non-hydrogen) atoms. The minimum absolute atomic E-state index is 0.152. The summed E-state index contributed by atoms with van der Waals surface area (Å²) in [6.07, 6.45) is 5.47. The molecule has 1 saturated heterocycles. The number of carbonyl (C=O) groups is 1. The number of piperidine rings is 1. The lowest BCUT2D eigenvalue weighted by Gasteiger charge is -2.33. The van der Waals surface area contributed by atoms with Crippen LogP contribution in [0.1, 0.15) is 30.1 Å². The van der Waals surface area contributed by atoms with Crippen LogP contribution in [-0.2, 0) is 0 Å². The van der Waals surface area contributed by atoms with Crippen molar-refractivity contribution < 1.29 is 9.53 Å². The van der Waals surface area contributed by atoms with E-state index in [0.29, 0.717) is 32.9 Å². The first-order valence-corrected chi connectivity index (χ1v) is 13.6. The van der Waals surface area contributed by atoms with Crippen molar-refractivity contribution in [2.75, 3.05) is 32.4 Å². The van der Waals surface area contributed by atoms with Crippen molar-refractivity contribution in [3.8, 4) is 5.75 Å². The number of carbonyl (C=O) groups excluding carboxylic acids is 1. The van der Waals surface area contributed by atoms with Gasteiger partial charge in [0.1, 0.15) is 11.9 Å². The highest BCUT2D eigenvalue weighted by Gasteiger charge is 2.22. The summed E-state index contributed by atoms with van der Waals surface area (Å²) in [6, 6.07) is 11.0. The van der Waals surface area contributed by atoms with Gasteiger partial charge in [0.15, 0.2) is 0 Å². The third-order valence-electron chi connectivity index (χ3n) is 6.26. The van der Waals surface area contributed by atoms with Gasteiger partial charge in [-0.2, -0.15) is 0 Å². The molecule has 4 rings (SSSR count). The lowest BCUT2D eigenvalue weighted by Crippen LogP contribution is -2.42. The molecule has 9 heteroatoms. The van der Waals surface area contributed by atoms with Gasteiger partial charge in [0.25, 0.3) is 11.5 Å². The molecule has 0 saturated carbocycles. The van der Waals surface area contributed by atoms with Crippen LogP contribution in [-0.4, -0.2) is 54.3 Å². The molecule has 2 N–H and O–H groups in total. The van der Waals surface area contributed by atoms with Crippen molar-refractivity contribution in [3.05, 3.63) is 68.6 Å². The number of H-pyrrole nitrogens is 1. The van der Waals surface area contributed by atoms with E-state index in [9.17, 15) is 9.59 Å². The van der Waals surface area contributed by atoms with Crippen molar-refractivity contribution in [3.63, 3.8) is 0 Å². The third kappa shape index (κ3) is 6.53. The van der Waals surface area contributed by atoms with E-state index in [1.807, 2.05) is 30.5 Å². The van der Waals surface area contributed by atoms with Crippen LogP contribution >= 0.6 is 35.0 Å².